The van der Waals surface area contributed by atoms with Gasteiger partial charge >= 0.3 is 18.0 Å². The van der Waals surface area contributed by atoms with E-state index in [2.05, 4.69) is 16.0 Å². The number of carboxylic acids is 2. The van der Waals surface area contributed by atoms with Crippen molar-refractivity contribution in [3.63, 3.8) is 0 Å². The minimum absolute atomic E-state index is 0.172. The summed E-state index contributed by atoms with van der Waals surface area (Å²) >= 11 is 0. The van der Waals surface area contributed by atoms with Crippen LogP contribution in [0.1, 0.15) is 92.9 Å². The van der Waals surface area contributed by atoms with Gasteiger partial charge in [-0.25, -0.2) is 14.4 Å². The molecule has 5 N–H and O–H groups in total. The van der Waals surface area contributed by atoms with Crippen molar-refractivity contribution < 1.29 is 48.6 Å². The van der Waals surface area contributed by atoms with Gasteiger partial charge in [0.25, 0.3) is 22.9 Å². The highest BCUT2D eigenvalue weighted by atomic mass is 16.7. The number of carbonyl (C=O) groups is 5. The third-order valence-electron chi connectivity index (χ3n) is 7.91. The lowest BCUT2D eigenvalue weighted by molar-refractivity contribution is 0.0525. The maximum Gasteiger partial charge on any atom is 0.407 e. The van der Waals surface area contributed by atoms with Crippen LogP contribution in [0.3, 0.4) is 0 Å². The van der Waals surface area contributed by atoms with Gasteiger partial charge in [-0.3, -0.25) is 19.2 Å². The average Bonchev–Trinajstić information content (AvgIpc) is 3.15. The van der Waals surface area contributed by atoms with Crippen LogP contribution in [-0.2, 0) is 18.0 Å². The Hall–Kier alpha value is -6.91. The number of carbonyl (C=O) groups excluding carboxylic acids is 3. The maximum atomic E-state index is 13.8. The van der Waals surface area contributed by atoms with Crippen LogP contribution in [0.4, 0.5) is 4.79 Å². The molecule has 2 aromatic carbocycles. The van der Waals surface area contributed by atoms with Crippen LogP contribution >= 0.6 is 0 Å². The number of aromatic nitrogens is 2. The van der Waals surface area contributed by atoms with E-state index in [-0.39, 0.29) is 44.1 Å². The molecule has 0 saturated carbocycles. The van der Waals surface area contributed by atoms with Crippen molar-refractivity contribution >= 4 is 29.8 Å². The van der Waals surface area contributed by atoms with Crippen molar-refractivity contribution in [1.82, 2.24) is 25.4 Å². The molecule has 296 valence electrons. The molecule has 0 aliphatic rings. The first-order valence-corrected chi connectivity index (χ1v) is 17.5. The van der Waals surface area contributed by atoms with E-state index in [1.165, 1.54) is 0 Å². The molecule has 56 heavy (non-hydrogen) atoms. The number of benzene rings is 2. The second-order valence-electron chi connectivity index (χ2n) is 13.4. The molecule has 0 aliphatic heterocycles. The third-order valence-corrected chi connectivity index (χ3v) is 7.91. The number of amides is 3. The average molecular weight is 774 g/mol. The molecule has 17 nitrogen and oxygen atoms in total. The summed E-state index contributed by atoms with van der Waals surface area (Å²) in [4.78, 5) is 100. The number of unbranched alkanes of at least 4 members (excludes halogenated alkanes) is 1. The lowest BCUT2D eigenvalue weighted by atomic mass is 10.1. The molecule has 4 aromatic rings. The molecule has 0 radical (unpaired) electrons. The molecule has 4 rings (SSSR count). The number of pyridine rings is 2. The lowest BCUT2D eigenvalue weighted by Crippen LogP contribution is -2.47. The first-order valence-electron chi connectivity index (χ1n) is 17.5. The van der Waals surface area contributed by atoms with Crippen LogP contribution < -0.4 is 36.7 Å². The van der Waals surface area contributed by atoms with Gasteiger partial charge in [0.1, 0.15) is 41.3 Å². The highest BCUT2D eigenvalue weighted by molar-refractivity contribution is 5.95. The number of aromatic carboxylic acids is 2. The summed E-state index contributed by atoms with van der Waals surface area (Å²) in [6.45, 7) is 4.82. The van der Waals surface area contributed by atoms with E-state index >= 15 is 0 Å². The summed E-state index contributed by atoms with van der Waals surface area (Å²) in [6.07, 6.45) is 0.452. The van der Waals surface area contributed by atoms with Crippen molar-refractivity contribution in [3.05, 3.63) is 139 Å². The first-order chi connectivity index (χ1) is 26.6. The molecule has 3 amide bonds. The zero-order valence-electron chi connectivity index (χ0n) is 31.0. The summed E-state index contributed by atoms with van der Waals surface area (Å²) in [7, 11) is 0. The fourth-order valence-electron chi connectivity index (χ4n) is 5.20. The van der Waals surface area contributed by atoms with Crippen LogP contribution in [0.15, 0.2) is 94.5 Å². The van der Waals surface area contributed by atoms with Crippen molar-refractivity contribution in [1.29, 1.82) is 0 Å². The fraction of sp³-hybridized carbons (Fsp3) is 0.308. The zero-order chi connectivity index (χ0) is 40.8. The Bertz CT molecular complexity index is 2140. The van der Waals surface area contributed by atoms with Crippen LogP contribution in [0.25, 0.3) is 0 Å². The highest BCUT2D eigenvalue weighted by Gasteiger charge is 2.24. The number of hydrogen-bond donors (Lipinski definition) is 5. The standard InChI is InChI=1S/C39H43N5O12/c1-39(2,3)56-38(53)40-21-11-10-16-27(42-33(46)31-20-18-29(37(51)52)35(48)44(31)55-24-26-14-8-5-9-15-26)22-41-32(45)30-19-17-28(36(49)50)34(47)43(30)54-23-25-12-6-4-7-13-25/h4-9,12-15,17-20,27H,10-11,16,21-24H2,1-3H3,(H,40,53)(H,41,45)(H,42,46)(H,49,50)(H,51,52)/t27-/m0/s1. The second kappa shape index (κ2) is 19.4. The Morgan fingerprint density at radius 3 is 1.61 bits per heavy atom. The van der Waals surface area contributed by atoms with E-state index in [0.29, 0.717) is 33.4 Å². The van der Waals surface area contributed by atoms with Gasteiger partial charge in [0.2, 0.25) is 0 Å². The summed E-state index contributed by atoms with van der Waals surface area (Å²) in [5.74, 6) is -4.73. The van der Waals surface area contributed by atoms with E-state index in [9.17, 15) is 43.8 Å². The summed E-state index contributed by atoms with van der Waals surface area (Å²) in [5.41, 5.74) is -3.51. The number of rotatable bonds is 18. The predicted molar refractivity (Wildman–Crippen MR) is 200 cm³/mol. The van der Waals surface area contributed by atoms with Gasteiger partial charge in [0, 0.05) is 19.1 Å². The number of nitrogens with zero attached hydrogens (tertiary/aromatic N) is 2. The smallest absolute Gasteiger partial charge is 0.407 e. The number of nitrogens with one attached hydrogen (secondary N) is 3. The molecule has 0 unspecified atom stereocenters. The molecule has 0 saturated heterocycles. The molecule has 0 fully saturated rings. The maximum absolute atomic E-state index is 13.8. The van der Waals surface area contributed by atoms with Gasteiger partial charge in [-0.05, 0) is 75.4 Å². The minimum Gasteiger partial charge on any atom is -0.477 e. The topological polar surface area (TPSA) is 234 Å². The summed E-state index contributed by atoms with van der Waals surface area (Å²) in [6, 6.07) is 20.7. The van der Waals surface area contributed by atoms with Crippen LogP contribution in [0.2, 0.25) is 0 Å². The van der Waals surface area contributed by atoms with Crippen molar-refractivity contribution in [2.45, 2.75) is 64.9 Å². The Morgan fingerprint density at radius 1 is 0.661 bits per heavy atom. The van der Waals surface area contributed by atoms with E-state index < -0.39 is 63.7 Å². The molecule has 0 aliphatic carbocycles. The molecule has 0 spiro atoms. The Morgan fingerprint density at radius 2 is 1.14 bits per heavy atom. The van der Waals surface area contributed by atoms with Gasteiger partial charge in [-0.1, -0.05) is 60.7 Å². The third kappa shape index (κ3) is 12.1. The van der Waals surface area contributed by atoms with Crippen molar-refractivity contribution in [3.8, 4) is 0 Å². The number of alkyl carbamates (subject to hydrolysis) is 1. The van der Waals surface area contributed by atoms with Crippen molar-refractivity contribution in [2.24, 2.45) is 0 Å². The van der Waals surface area contributed by atoms with Crippen LogP contribution in [0.5, 0.6) is 0 Å². The Kier molecular flexibility index (Phi) is 14.5. The fourth-order valence-corrected chi connectivity index (χ4v) is 5.20. The lowest BCUT2D eigenvalue weighted by Gasteiger charge is -2.22. The van der Waals surface area contributed by atoms with E-state index in [0.717, 1.165) is 24.3 Å². The van der Waals surface area contributed by atoms with Crippen LogP contribution in [0, 0.1) is 0 Å². The Balaban J connectivity index is 1.56. The van der Waals surface area contributed by atoms with E-state index in [4.69, 9.17) is 14.4 Å². The largest absolute Gasteiger partial charge is 0.477 e. The predicted octanol–water partition coefficient (Wildman–Crippen LogP) is 2.89. The molecule has 0 bridgehead atoms. The Labute approximate surface area is 320 Å². The zero-order valence-corrected chi connectivity index (χ0v) is 31.0. The number of hydrogen-bond acceptors (Lipinski definition) is 10. The molecule has 2 aromatic heterocycles. The van der Waals surface area contributed by atoms with Crippen molar-refractivity contribution in [2.75, 3.05) is 13.1 Å². The van der Waals surface area contributed by atoms with Crippen LogP contribution in [-0.4, -0.2) is 74.3 Å². The second-order valence-corrected chi connectivity index (χ2v) is 13.4. The molecular formula is C39H43N5O12. The van der Waals surface area contributed by atoms with Gasteiger partial charge in [0.15, 0.2) is 0 Å². The SMILES string of the molecule is CC(C)(C)OC(=O)NCCCC[C@@H](CNC(=O)c1ccc(C(=O)O)c(=O)n1OCc1ccccc1)NC(=O)c1ccc(C(=O)O)c(=O)n1OCc1ccccc1. The highest BCUT2D eigenvalue weighted by Crippen LogP contribution is 2.09. The minimum atomic E-state index is -1.53. The molecule has 2 heterocycles. The number of carboxylic acid groups (broad SMARTS) is 2. The number of ether oxygens (including phenoxy) is 1. The van der Waals surface area contributed by atoms with Gasteiger partial charge in [-0.2, -0.15) is 0 Å². The van der Waals surface area contributed by atoms with E-state index in [1.807, 2.05) is 0 Å². The van der Waals surface area contributed by atoms with E-state index in [1.54, 1.807) is 81.4 Å². The normalized spacial score (nSPS) is 11.5. The quantitative estimate of drug-likeness (QED) is 0.0919. The van der Waals surface area contributed by atoms with Gasteiger partial charge in [0.05, 0.1) is 0 Å². The molecule has 17 heteroatoms. The molecule has 1 atom stereocenters. The molecular weight excluding hydrogens is 730 g/mol. The summed E-state index contributed by atoms with van der Waals surface area (Å²) in [5, 5.41) is 27.1. The monoisotopic (exact) mass is 773 g/mol. The summed E-state index contributed by atoms with van der Waals surface area (Å²) < 4.78 is 6.44. The van der Waals surface area contributed by atoms with Gasteiger partial charge < -0.3 is 40.6 Å². The van der Waals surface area contributed by atoms with Gasteiger partial charge in [-0.15, -0.1) is 9.46 Å². The first kappa shape index (κ1) is 41.8.